The molecule has 1 aliphatic rings. The highest BCUT2D eigenvalue weighted by Crippen LogP contribution is 2.38. The molecule has 3 heteroatoms. The molecular formula is C30H36N2Si. The van der Waals surface area contributed by atoms with Crippen molar-refractivity contribution in [2.75, 3.05) is 37.0 Å². The van der Waals surface area contributed by atoms with Crippen LogP contribution in [0.3, 0.4) is 0 Å². The zero-order chi connectivity index (χ0) is 23.8. The molecule has 1 atom stereocenters. The molecule has 0 N–H and O–H groups in total. The highest BCUT2D eigenvalue weighted by Gasteiger charge is 2.40. The largest absolute Gasteiger partial charge is 0.378 e. The average Bonchev–Trinajstić information content (AvgIpc) is 2.80. The molecule has 170 valence electrons. The number of anilines is 2. The monoisotopic (exact) mass is 452 g/mol. The number of rotatable bonds is 7. The molecule has 0 aliphatic carbocycles. The van der Waals surface area contributed by atoms with Crippen LogP contribution in [0.15, 0.2) is 86.0 Å². The van der Waals surface area contributed by atoms with E-state index in [2.05, 4.69) is 118 Å². The molecule has 3 aromatic rings. The molecule has 1 unspecified atom stereocenters. The van der Waals surface area contributed by atoms with Crippen LogP contribution in [0.25, 0.3) is 0 Å². The van der Waals surface area contributed by atoms with Crippen molar-refractivity contribution in [3.63, 3.8) is 0 Å². The number of nitrogens with zero attached hydrogens (tertiary/aromatic N) is 2. The van der Waals surface area contributed by atoms with Gasteiger partial charge in [0.1, 0.15) is 8.07 Å². The van der Waals surface area contributed by atoms with Gasteiger partial charge in [0.15, 0.2) is 0 Å². The van der Waals surface area contributed by atoms with Crippen LogP contribution >= 0.6 is 0 Å². The van der Waals surface area contributed by atoms with Gasteiger partial charge >= 0.3 is 0 Å². The number of hydrogen-bond donors (Lipinski definition) is 0. The summed E-state index contributed by atoms with van der Waals surface area (Å²) in [6.07, 6.45) is 3.95. The van der Waals surface area contributed by atoms with Gasteiger partial charge in [-0.1, -0.05) is 61.6 Å². The summed E-state index contributed by atoms with van der Waals surface area (Å²) in [5.41, 5.74) is 8.22. The summed E-state index contributed by atoms with van der Waals surface area (Å²) < 4.78 is 0. The van der Waals surface area contributed by atoms with Gasteiger partial charge in [-0.25, -0.2) is 0 Å². The average molecular weight is 453 g/mol. The zero-order valence-electron chi connectivity index (χ0n) is 20.7. The lowest BCUT2D eigenvalue weighted by Gasteiger charge is -2.40. The van der Waals surface area contributed by atoms with E-state index >= 15 is 0 Å². The van der Waals surface area contributed by atoms with Gasteiger partial charge in [-0.15, -0.1) is 13.2 Å². The minimum absolute atomic E-state index is 0.259. The predicted molar refractivity (Wildman–Crippen MR) is 149 cm³/mol. The molecule has 0 saturated carbocycles. The van der Waals surface area contributed by atoms with Crippen molar-refractivity contribution >= 4 is 29.8 Å². The van der Waals surface area contributed by atoms with Gasteiger partial charge in [-0.3, -0.25) is 0 Å². The summed E-state index contributed by atoms with van der Waals surface area (Å²) in [6, 6.07) is 23.1. The molecule has 0 saturated heterocycles. The van der Waals surface area contributed by atoms with Gasteiger partial charge in [0, 0.05) is 44.5 Å². The van der Waals surface area contributed by atoms with E-state index in [0.29, 0.717) is 0 Å². The summed E-state index contributed by atoms with van der Waals surface area (Å²) >= 11 is 0. The van der Waals surface area contributed by atoms with E-state index in [1.165, 1.54) is 38.8 Å². The van der Waals surface area contributed by atoms with Crippen molar-refractivity contribution in [3.8, 4) is 0 Å². The number of benzene rings is 3. The minimum atomic E-state index is -1.93. The Bertz CT molecular complexity index is 1180. The maximum Gasteiger partial charge on any atom is 0.113 e. The highest BCUT2D eigenvalue weighted by atomic mass is 28.3. The maximum absolute atomic E-state index is 3.97. The molecule has 4 rings (SSSR count). The molecule has 1 aliphatic heterocycles. The molecule has 0 aromatic heterocycles. The SMILES string of the molecule is C=CCN(CC=C)c1ccc2c(c1)[Si](C)(C)c1cc(N(C)C)ccc1C2c1ccccc1C. The van der Waals surface area contributed by atoms with Crippen LogP contribution in [-0.4, -0.2) is 35.3 Å². The molecule has 0 spiro atoms. The lowest BCUT2D eigenvalue weighted by Crippen LogP contribution is -2.59. The molecule has 3 aromatic carbocycles. The lowest BCUT2D eigenvalue weighted by molar-refractivity contribution is 0.944. The number of aryl methyl sites for hydroxylation is 1. The molecular weight excluding hydrogens is 416 g/mol. The van der Waals surface area contributed by atoms with E-state index in [1.54, 1.807) is 5.19 Å². The van der Waals surface area contributed by atoms with Gasteiger partial charge in [-0.2, -0.15) is 0 Å². The second-order valence-electron chi connectivity index (χ2n) is 9.83. The second kappa shape index (κ2) is 9.07. The molecule has 2 nitrogen and oxygen atoms in total. The van der Waals surface area contributed by atoms with E-state index in [4.69, 9.17) is 0 Å². The topological polar surface area (TPSA) is 6.48 Å². The van der Waals surface area contributed by atoms with E-state index in [9.17, 15) is 0 Å². The normalized spacial score (nSPS) is 15.8. The highest BCUT2D eigenvalue weighted by molar-refractivity contribution is 7.01. The Morgan fingerprint density at radius 1 is 0.788 bits per heavy atom. The van der Waals surface area contributed by atoms with Crippen LogP contribution in [-0.2, 0) is 0 Å². The van der Waals surface area contributed by atoms with Crippen molar-refractivity contribution in [2.45, 2.75) is 25.9 Å². The fourth-order valence-electron chi connectivity index (χ4n) is 5.30. The second-order valence-corrected chi connectivity index (χ2v) is 14.2. The van der Waals surface area contributed by atoms with Crippen LogP contribution in [0, 0.1) is 6.92 Å². The zero-order valence-corrected chi connectivity index (χ0v) is 21.7. The molecule has 0 bridgehead atoms. The van der Waals surface area contributed by atoms with Crippen molar-refractivity contribution < 1.29 is 0 Å². The molecule has 0 radical (unpaired) electrons. The first-order chi connectivity index (χ1) is 15.8. The first-order valence-corrected chi connectivity index (χ1v) is 14.8. The summed E-state index contributed by atoms with van der Waals surface area (Å²) in [5, 5.41) is 3.08. The van der Waals surface area contributed by atoms with Gasteiger partial charge < -0.3 is 9.80 Å². The first-order valence-electron chi connectivity index (χ1n) is 11.8. The molecule has 1 heterocycles. The van der Waals surface area contributed by atoms with E-state index in [1.807, 2.05) is 12.2 Å². The first kappa shape index (κ1) is 23.1. The molecule has 0 amide bonds. The van der Waals surface area contributed by atoms with Crippen LogP contribution in [0.1, 0.15) is 28.2 Å². The third-order valence-electron chi connectivity index (χ3n) is 7.12. The van der Waals surface area contributed by atoms with Gasteiger partial charge in [0.05, 0.1) is 0 Å². The van der Waals surface area contributed by atoms with Crippen LogP contribution in [0.4, 0.5) is 11.4 Å². The summed E-state index contributed by atoms with van der Waals surface area (Å²) in [7, 11) is 2.33. The van der Waals surface area contributed by atoms with Gasteiger partial charge in [-0.05, 0) is 63.8 Å². The van der Waals surface area contributed by atoms with Crippen molar-refractivity contribution in [3.05, 3.63) is 108 Å². The Balaban J connectivity index is 1.99. The van der Waals surface area contributed by atoms with Crippen molar-refractivity contribution in [1.82, 2.24) is 0 Å². The fourth-order valence-corrected chi connectivity index (χ4v) is 8.51. The van der Waals surface area contributed by atoms with Gasteiger partial charge in [0.2, 0.25) is 0 Å². The van der Waals surface area contributed by atoms with Crippen LogP contribution in [0.5, 0.6) is 0 Å². The molecule has 33 heavy (non-hydrogen) atoms. The van der Waals surface area contributed by atoms with Crippen LogP contribution < -0.4 is 20.2 Å². The number of hydrogen-bond acceptors (Lipinski definition) is 2. The summed E-state index contributed by atoms with van der Waals surface area (Å²) in [6.45, 7) is 16.8. The van der Waals surface area contributed by atoms with E-state index in [-0.39, 0.29) is 5.92 Å². The smallest absolute Gasteiger partial charge is 0.113 e. The fraction of sp³-hybridized carbons (Fsp3) is 0.267. The van der Waals surface area contributed by atoms with Gasteiger partial charge in [0.25, 0.3) is 0 Å². The quantitative estimate of drug-likeness (QED) is 0.342. The Morgan fingerprint density at radius 3 is 1.88 bits per heavy atom. The summed E-state index contributed by atoms with van der Waals surface area (Å²) in [4.78, 5) is 4.56. The number of fused-ring (bicyclic) bond motifs is 2. The predicted octanol–water partition coefficient (Wildman–Crippen LogP) is 5.56. The standard InChI is InChI=1S/C30H36N2Si/c1-8-18-32(19-9-2)24-15-17-27-29(21-24)33(6,7)28-20-23(31(4)5)14-16-26(28)30(27)25-13-11-10-12-22(25)3/h8-17,20-21,30H,1-2,18-19H2,3-7H3. The lowest BCUT2D eigenvalue weighted by atomic mass is 9.82. The van der Waals surface area contributed by atoms with Crippen molar-refractivity contribution in [1.29, 1.82) is 0 Å². The maximum atomic E-state index is 3.97. The van der Waals surface area contributed by atoms with Crippen LogP contribution in [0.2, 0.25) is 13.1 Å². The minimum Gasteiger partial charge on any atom is -0.378 e. The summed E-state index contributed by atoms with van der Waals surface area (Å²) in [5.74, 6) is 0.259. The Hall–Kier alpha value is -3.04. The third kappa shape index (κ3) is 4.06. The van der Waals surface area contributed by atoms with E-state index < -0.39 is 8.07 Å². The Labute approximate surface area is 200 Å². The third-order valence-corrected chi connectivity index (χ3v) is 10.7. The van der Waals surface area contributed by atoms with E-state index in [0.717, 1.165) is 13.1 Å². The molecule has 0 fully saturated rings. The van der Waals surface area contributed by atoms with Crippen molar-refractivity contribution in [2.24, 2.45) is 0 Å². The Kier molecular flexibility index (Phi) is 6.36. The Morgan fingerprint density at radius 2 is 1.33 bits per heavy atom.